The molecule has 4 aromatic rings. The number of aromatic nitrogens is 6. The predicted molar refractivity (Wildman–Crippen MR) is 112 cm³/mol. The maximum atomic E-state index is 13.2. The van der Waals surface area contributed by atoms with E-state index in [0.29, 0.717) is 22.8 Å². The monoisotopic (exact) mass is 444 g/mol. The maximum Gasteiger partial charge on any atom is 0.271 e. The first-order chi connectivity index (χ1) is 15.3. The van der Waals surface area contributed by atoms with Gasteiger partial charge in [-0.05, 0) is 12.1 Å². The number of halogens is 3. The van der Waals surface area contributed by atoms with Crippen molar-refractivity contribution >= 4 is 28.6 Å². The van der Waals surface area contributed by atoms with E-state index in [-0.39, 0.29) is 11.9 Å². The van der Waals surface area contributed by atoms with E-state index in [1.54, 1.807) is 31.6 Å². The fraction of sp³-hybridized carbons (Fsp3) is 0.250. The van der Waals surface area contributed by atoms with Gasteiger partial charge in [0.15, 0.2) is 6.17 Å². The summed E-state index contributed by atoms with van der Waals surface area (Å²) in [7, 11) is 3.53. The normalized spacial score (nSPS) is 12.3. The number of alkyl halides is 3. The molecule has 1 amide bonds. The highest BCUT2D eigenvalue weighted by Gasteiger charge is 2.19. The van der Waals surface area contributed by atoms with Crippen molar-refractivity contribution in [1.82, 2.24) is 29.3 Å². The predicted octanol–water partition coefficient (Wildman–Crippen LogP) is 3.03. The third-order valence-corrected chi connectivity index (χ3v) is 4.78. The van der Waals surface area contributed by atoms with Gasteiger partial charge in [0.2, 0.25) is 5.95 Å². The van der Waals surface area contributed by atoms with Crippen LogP contribution in [0.1, 0.15) is 10.4 Å². The standard InChI is InChI=1S/C20H19F3N8O/c1-30-10-12(8-27-30)19(32)29-17-6-15-11(7-25-17)5-16(31(15)2)14-3-4-24-20(28-14)26-9-13(21)18(22)23/h3-8,10,13,18H,9H2,1-2H3,(H,24,26,28)(H,25,29,32). The molecule has 0 aliphatic rings. The molecular formula is C20H19F3N8O. The van der Waals surface area contributed by atoms with E-state index in [1.165, 1.54) is 17.1 Å². The highest BCUT2D eigenvalue weighted by molar-refractivity contribution is 6.04. The number of nitrogens with one attached hydrogen (secondary N) is 2. The zero-order valence-electron chi connectivity index (χ0n) is 17.1. The van der Waals surface area contributed by atoms with E-state index < -0.39 is 19.1 Å². The van der Waals surface area contributed by atoms with Gasteiger partial charge in [-0.25, -0.2) is 28.1 Å². The number of carbonyl (C=O) groups is 1. The minimum absolute atomic E-state index is 0.0404. The highest BCUT2D eigenvalue weighted by atomic mass is 19.3. The molecule has 32 heavy (non-hydrogen) atoms. The quantitative estimate of drug-likeness (QED) is 0.454. The van der Waals surface area contributed by atoms with Crippen LogP contribution in [0.3, 0.4) is 0 Å². The second kappa shape index (κ2) is 8.65. The Morgan fingerprint density at radius 3 is 2.69 bits per heavy atom. The minimum atomic E-state index is -3.08. The first kappa shape index (κ1) is 21.3. The SMILES string of the molecule is Cn1cc(C(=O)Nc2cc3c(cn2)cc(-c2ccnc(NCC(F)C(F)F)n2)n3C)cn1. The van der Waals surface area contributed by atoms with Gasteiger partial charge in [0, 0.05) is 44.1 Å². The van der Waals surface area contributed by atoms with E-state index >= 15 is 0 Å². The fourth-order valence-corrected chi connectivity index (χ4v) is 3.14. The summed E-state index contributed by atoms with van der Waals surface area (Å²) in [6.07, 6.45) is 0.739. The number of hydrogen-bond donors (Lipinski definition) is 2. The van der Waals surface area contributed by atoms with Crippen molar-refractivity contribution in [1.29, 1.82) is 0 Å². The van der Waals surface area contributed by atoms with Gasteiger partial charge in [0.25, 0.3) is 12.3 Å². The molecule has 2 N–H and O–H groups in total. The Kier molecular flexibility index (Phi) is 5.75. The smallest absolute Gasteiger partial charge is 0.271 e. The molecule has 4 aromatic heterocycles. The number of carbonyl (C=O) groups excluding carboxylic acids is 1. The summed E-state index contributed by atoms with van der Waals surface area (Å²) < 4.78 is 41.3. The summed E-state index contributed by atoms with van der Waals surface area (Å²) in [6, 6.07) is 5.22. The van der Waals surface area contributed by atoms with E-state index in [1.807, 2.05) is 17.7 Å². The van der Waals surface area contributed by atoms with Gasteiger partial charge in [-0.2, -0.15) is 5.10 Å². The molecule has 0 spiro atoms. The Hall–Kier alpha value is -3.96. The van der Waals surface area contributed by atoms with Crippen LogP contribution in [0.5, 0.6) is 0 Å². The molecule has 4 heterocycles. The number of fused-ring (bicyclic) bond motifs is 1. The van der Waals surface area contributed by atoms with Crippen LogP contribution in [-0.4, -0.2) is 54.3 Å². The molecule has 1 atom stereocenters. The summed E-state index contributed by atoms with van der Waals surface area (Å²) in [5.74, 6) is 0.0737. The van der Waals surface area contributed by atoms with Crippen molar-refractivity contribution in [3.05, 3.63) is 48.5 Å². The van der Waals surface area contributed by atoms with Crippen molar-refractivity contribution < 1.29 is 18.0 Å². The first-order valence-corrected chi connectivity index (χ1v) is 9.57. The third-order valence-electron chi connectivity index (χ3n) is 4.78. The summed E-state index contributed by atoms with van der Waals surface area (Å²) >= 11 is 0. The Balaban J connectivity index is 1.57. The second-order valence-corrected chi connectivity index (χ2v) is 7.07. The van der Waals surface area contributed by atoms with Crippen LogP contribution in [0, 0.1) is 0 Å². The number of hydrogen-bond acceptors (Lipinski definition) is 6. The zero-order chi connectivity index (χ0) is 22.8. The highest BCUT2D eigenvalue weighted by Crippen LogP contribution is 2.27. The average molecular weight is 444 g/mol. The van der Waals surface area contributed by atoms with Gasteiger partial charge >= 0.3 is 0 Å². The zero-order valence-corrected chi connectivity index (χ0v) is 17.1. The minimum Gasteiger partial charge on any atom is -0.351 e. The van der Waals surface area contributed by atoms with Crippen LogP contribution in [0.25, 0.3) is 22.3 Å². The molecule has 0 aliphatic carbocycles. The van der Waals surface area contributed by atoms with Crippen LogP contribution in [0.15, 0.2) is 43.0 Å². The number of anilines is 2. The summed E-state index contributed by atoms with van der Waals surface area (Å²) in [5, 5.41) is 10.00. The molecule has 0 bridgehead atoms. The van der Waals surface area contributed by atoms with Gasteiger partial charge in [0.05, 0.1) is 35.2 Å². The van der Waals surface area contributed by atoms with Crippen LogP contribution in [0.2, 0.25) is 0 Å². The van der Waals surface area contributed by atoms with E-state index in [4.69, 9.17) is 0 Å². The maximum absolute atomic E-state index is 13.2. The topological polar surface area (TPSA) is 103 Å². The second-order valence-electron chi connectivity index (χ2n) is 7.07. The van der Waals surface area contributed by atoms with Crippen LogP contribution in [-0.2, 0) is 14.1 Å². The van der Waals surface area contributed by atoms with Crippen LogP contribution >= 0.6 is 0 Å². The molecule has 0 aliphatic heterocycles. The number of nitrogens with zero attached hydrogens (tertiary/aromatic N) is 6. The molecule has 4 rings (SSSR count). The molecule has 0 saturated heterocycles. The number of pyridine rings is 1. The van der Waals surface area contributed by atoms with Crippen molar-refractivity contribution in [3.8, 4) is 11.4 Å². The third kappa shape index (κ3) is 4.38. The lowest BCUT2D eigenvalue weighted by atomic mass is 10.2. The lowest BCUT2D eigenvalue weighted by Gasteiger charge is -2.10. The van der Waals surface area contributed by atoms with Crippen LogP contribution < -0.4 is 10.6 Å². The molecule has 0 aromatic carbocycles. The Labute approximate surface area is 180 Å². The van der Waals surface area contributed by atoms with Crippen molar-refractivity contribution in [2.75, 3.05) is 17.2 Å². The van der Waals surface area contributed by atoms with Gasteiger partial charge < -0.3 is 15.2 Å². The van der Waals surface area contributed by atoms with Crippen molar-refractivity contribution in [3.63, 3.8) is 0 Å². The van der Waals surface area contributed by atoms with Crippen molar-refractivity contribution in [2.24, 2.45) is 14.1 Å². The summed E-state index contributed by atoms with van der Waals surface area (Å²) in [6.45, 7) is -0.597. The molecule has 12 heteroatoms. The number of aryl methyl sites for hydroxylation is 2. The summed E-state index contributed by atoms with van der Waals surface area (Å²) in [4.78, 5) is 24.9. The van der Waals surface area contributed by atoms with Gasteiger partial charge in [-0.3, -0.25) is 9.48 Å². The molecule has 0 radical (unpaired) electrons. The fourth-order valence-electron chi connectivity index (χ4n) is 3.14. The number of amides is 1. The van der Waals surface area contributed by atoms with Crippen LogP contribution in [0.4, 0.5) is 24.9 Å². The molecule has 0 saturated carbocycles. The molecule has 1 unspecified atom stereocenters. The Morgan fingerprint density at radius 2 is 1.97 bits per heavy atom. The molecule has 166 valence electrons. The number of rotatable bonds is 7. The Morgan fingerprint density at radius 1 is 1.16 bits per heavy atom. The average Bonchev–Trinajstić information content (AvgIpc) is 3.35. The van der Waals surface area contributed by atoms with E-state index in [2.05, 4.69) is 30.7 Å². The van der Waals surface area contributed by atoms with E-state index in [0.717, 1.165) is 10.9 Å². The Bertz CT molecular complexity index is 1270. The summed E-state index contributed by atoms with van der Waals surface area (Å²) in [5.41, 5.74) is 2.40. The largest absolute Gasteiger partial charge is 0.351 e. The van der Waals surface area contributed by atoms with E-state index in [9.17, 15) is 18.0 Å². The molecular weight excluding hydrogens is 425 g/mol. The van der Waals surface area contributed by atoms with Gasteiger partial charge in [0.1, 0.15) is 5.82 Å². The lowest BCUT2D eigenvalue weighted by molar-refractivity contribution is 0.0570. The van der Waals surface area contributed by atoms with Crippen molar-refractivity contribution in [2.45, 2.75) is 12.6 Å². The van der Waals surface area contributed by atoms with Gasteiger partial charge in [-0.15, -0.1) is 0 Å². The first-order valence-electron chi connectivity index (χ1n) is 9.57. The molecule has 0 fully saturated rings. The lowest BCUT2D eigenvalue weighted by Crippen LogP contribution is -2.23. The van der Waals surface area contributed by atoms with Gasteiger partial charge in [-0.1, -0.05) is 0 Å². The molecule has 9 nitrogen and oxygen atoms in total.